The number of rotatable bonds is 45. The highest BCUT2D eigenvalue weighted by molar-refractivity contribution is 6.61. The summed E-state index contributed by atoms with van der Waals surface area (Å²) in [5.74, 6) is 0.993. The first-order chi connectivity index (χ1) is 54.8. The summed E-state index contributed by atoms with van der Waals surface area (Å²) < 4.78 is 46.6. The van der Waals surface area contributed by atoms with Gasteiger partial charge >= 0.3 is 5.97 Å². The van der Waals surface area contributed by atoms with E-state index >= 15 is 0 Å². The van der Waals surface area contributed by atoms with E-state index in [1.54, 1.807) is 7.11 Å². The standard InChI is InChI=1S/C101H116NO10/c1-8-10-12-14-16-18-20-22-24-26-30-66-56-79-75-32-28-34-77-83-60-70(68-36-40-73(41-37-68)110-53-50-107-47-46-106-45-44-105-7)62-85-86-63-71(69-38-42-74(43-39-69)111-54-51-108-48-49-109-52-55-112-99(103)72-64-100(3,4)102(104)101(5,6)65-72)61-84-78-35-29-33-76-80-57-67(31-27-25-23-21-19-17-15-13-11-9-2)59-82-81(58-66)89(79)95-93(87(75)77)97(91(83)85)98(92(84)86)94(88(76)78)96(95)90(80)82/h28-29,32-43,56-63,72H,8-27,30-31,44-55,64-65H2,1-7H3/q-1. The lowest BCUT2D eigenvalue weighted by Gasteiger charge is -2.59. The van der Waals surface area contributed by atoms with Gasteiger partial charge in [0.2, 0.25) is 0 Å². The zero-order chi connectivity index (χ0) is 76.9. The van der Waals surface area contributed by atoms with Gasteiger partial charge in [0, 0.05) is 18.2 Å². The number of carbonyl (C=O) groups excluding carboxylic acids is 1. The van der Waals surface area contributed by atoms with Crippen molar-refractivity contribution in [3.8, 4) is 33.8 Å². The summed E-state index contributed by atoms with van der Waals surface area (Å²) in [5, 5.41) is 46.9. The van der Waals surface area contributed by atoms with E-state index < -0.39 is 11.1 Å². The number of aryl methyl sites for hydroxylation is 2. The molecule has 0 unspecified atom stereocenters. The second kappa shape index (κ2) is 34.8. The molecule has 0 saturated carbocycles. The Morgan fingerprint density at radius 3 is 0.973 bits per heavy atom. The second-order valence-electron chi connectivity index (χ2n) is 34.0. The Bertz CT molecular complexity index is 5590. The SMILES string of the molecule is CCCCCCCCCCCCc1cc2c3cccc4c5cc(-c6ccc(OCCOCCOCCOC)cc6)cc6c7cc(-c8ccc(OCCOCCOCCOC(=O)C9CC(C)(C)N([O-])C(C)(C)C9)cc8)cc8c9cccc%10c%11cc(CCCCCCCCCCCC)cc%12c(c1)c2c1c(c34)c(c56)c(c87)c(c%109)c1c%11%12. The van der Waals surface area contributed by atoms with Crippen LogP contribution in [0.4, 0.5) is 0 Å². The van der Waals surface area contributed by atoms with Crippen LogP contribution >= 0.6 is 0 Å². The first-order valence-electron chi connectivity index (χ1n) is 43.0. The van der Waals surface area contributed by atoms with Crippen LogP contribution in [0.15, 0.2) is 133 Å². The van der Waals surface area contributed by atoms with Crippen molar-refractivity contribution in [1.82, 2.24) is 5.06 Å². The first-order valence-corrected chi connectivity index (χ1v) is 43.0. The lowest BCUT2D eigenvalue weighted by molar-refractivity contribution is -0.156. The van der Waals surface area contributed by atoms with E-state index in [1.165, 1.54) is 274 Å². The van der Waals surface area contributed by atoms with Crippen molar-refractivity contribution in [2.24, 2.45) is 5.92 Å². The number of fused-ring (bicyclic) bond motifs is 6. The molecule has 112 heavy (non-hydrogen) atoms. The molecule has 0 atom stereocenters. The summed E-state index contributed by atoms with van der Waals surface area (Å²) in [7, 11) is 1.68. The Balaban J connectivity index is 0.770. The molecule has 0 aromatic heterocycles. The van der Waals surface area contributed by atoms with Gasteiger partial charge in [-0.15, -0.1) is 0 Å². The molecule has 1 aliphatic rings. The fraction of sp³-hybridized carbons (Fsp3) is 0.455. The highest BCUT2D eigenvalue weighted by Gasteiger charge is 2.43. The highest BCUT2D eigenvalue weighted by atomic mass is 16.6. The van der Waals surface area contributed by atoms with Crippen molar-refractivity contribution in [3.05, 3.63) is 150 Å². The number of hydrogen-bond donors (Lipinski definition) is 0. The van der Waals surface area contributed by atoms with Crippen LogP contribution in [0.5, 0.6) is 11.5 Å². The van der Waals surface area contributed by atoms with Crippen LogP contribution in [0, 0.1) is 11.1 Å². The van der Waals surface area contributed by atoms with E-state index in [0.717, 1.165) is 46.1 Å². The molecule has 0 aliphatic carbocycles. The van der Waals surface area contributed by atoms with Gasteiger partial charge in [-0.3, -0.25) is 4.79 Å². The molecule has 15 aromatic rings. The number of ether oxygens (including phenoxy) is 8. The molecule has 0 spiro atoms. The molecule has 11 nitrogen and oxygen atoms in total. The number of hydroxylamine groups is 2. The third-order valence-corrected chi connectivity index (χ3v) is 25.1. The molecule has 16 rings (SSSR count). The smallest absolute Gasteiger partial charge is 0.309 e. The second-order valence-corrected chi connectivity index (χ2v) is 34.0. The minimum Gasteiger partial charge on any atom is -0.784 e. The monoisotopic (exact) mass is 1500 g/mol. The van der Waals surface area contributed by atoms with Crippen molar-refractivity contribution in [2.75, 3.05) is 86.4 Å². The fourth-order valence-corrected chi connectivity index (χ4v) is 20.0. The van der Waals surface area contributed by atoms with E-state index in [4.69, 9.17) is 37.9 Å². The van der Waals surface area contributed by atoms with Crippen LogP contribution < -0.4 is 9.47 Å². The van der Waals surface area contributed by atoms with Crippen LogP contribution in [0.2, 0.25) is 0 Å². The third kappa shape index (κ3) is 15.6. The first kappa shape index (κ1) is 77.7. The van der Waals surface area contributed by atoms with Crippen LogP contribution in [-0.2, 0) is 46.1 Å². The van der Waals surface area contributed by atoms with E-state index in [1.807, 2.05) is 27.7 Å². The number of unbranched alkanes of at least 4 members (excludes halogenated alkanes) is 18. The minimum atomic E-state index is -0.637. The predicted molar refractivity (Wildman–Crippen MR) is 469 cm³/mol. The molecule has 1 saturated heterocycles. The van der Waals surface area contributed by atoms with E-state index in [-0.39, 0.29) is 25.1 Å². The largest absolute Gasteiger partial charge is 0.784 e. The van der Waals surface area contributed by atoms with E-state index in [9.17, 15) is 10.0 Å². The van der Waals surface area contributed by atoms with Gasteiger partial charge in [-0.25, -0.2) is 0 Å². The van der Waals surface area contributed by atoms with Gasteiger partial charge in [-0.05, 0) is 277 Å². The summed E-state index contributed by atoms with van der Waals surface area (Å²) in [6.45, 7) is 17.2. The number of esters is 1. The molecule has 1 aliphatic heterocycles. The summed E-state index contributed by atoms with van der Waals surface area (Å²) >= 11 is 0. The molecule has 0 amide bonds. The van der Waals surface area contributed by atoms with Gasteiger partial charge < -0.3 is 48.2 Å². The van der Waals surface area contributed by atoms with Crippen molar-refractivity contribution in [3.63, 3.8) is 0 Å². The molecule has 0 bridgehead atoms. The zero-order valence-corrected chi connectivity index (χ0v) is 67.8. The van der Waals surface area contributed by atoms with Crippen LogP contribution in [-0.4, -0.2) is 109 Å². The van der Waals surface area contributed by atoms with Crippen molar-refractivity contribution in [1.29, 1.82) is 0 Å². The Labute approximate surface area is 661 Å². The van der Waals surface area contributed by atoms with Gasteiger partial charge in [0.05, 0.1) is 65.4 Å². The lowest BCUT2D eigenvalue weighted by Crippen LogP contribution is -2.58. The Morgan fingerprint density at radius 1 is 0.339 bits per heavy atom. The molecular weight excluding hydrogens is 1390 g/mol. The van der Waals surface area contributed by atoms with E-state index in [0.29, 0.717) is 78.9 Å². The maximum Gasteiger partial charge on any atom is 0.309 e. The molecule has 0 radical (unpaired) electrons. The number of carbonyl (C=O) groups is 1. The summed E-state index contributed by atoms with van der Waals surface area (Å²) in [6.07, 6.45) is 29.6. The molecule has 11 heteroatoms. The Hall–Kier alpha value is -8.23. The number of methoxy groups -OCH3 is 1. The summed E-state index contributed by atoms with van der Waals surface area (Å²) in [6, 6.07) is 52.5. The maximum atomic E-state index is 13.0. The highest BCUT2D eigenvalue weighted by Crippen LogP contribution is 2.61. The van der Waals surface area contributed by atoms with Crippen LogP contribution in [0.25, 0.3) is 152 Å². The number of benzene rings is 15. The number of nitrogens with zero attached hydrogens (tertiary/aromatic N) is 1. The Morgan fingerprint density at radius 2 is 0.625 bits per heavy atom. The summed E-state index contributed by atoms with van der Waals surface area (Å²) in [5.41, 5.74) is 6.23. The van der Waals surface area contributed by atoms with Gasteiger partial charge in [0.25, 0.3) is 0 Å². The topological polar surface area (TPSA) is 117 Å². The average Bonchev–Trinajstić information content (AvgIpc) is 0.643. The number of piperidine rings is 1. The molecule has 1 fully saturated rings. The zero-order valence-electron chi connectivity index (χ0n) is 67.8. The van der Waals surface area contributed by atoms with Crippen LogP contribution in [0.1, 0.15) is 194 Å². The fourth-order valence-electron chi connectivity index (χ4n) is 20.0. The van der Waals surface area contributed by atoms with Crippen molar-refractivity contribution >= 4 is 135 Å². The average molecular weight is 1500 g/mol. The van der Waals surface area contributed by atoms with Gasteiger partial charge in [0.1, 0.15) is 31.3 Å². The molecular formula is C101H116NO10-. The minimum absolute atomic E-state index is 0.157. The molecule has 1 heterocycles. The Kier molecular flexibility index (Phi) is 24.2. The number of hydrogen-bond acceptors (Lipinski definition) is 11. The molecule has 586 valence electrons. The van der Waals surface area contributed by atoms with Crippen molar-refractivity contribution in [2.45, 2.75) is 207 Å². The predicted octanol–water partition coefficient (Wildman–Crippen LogP) is 26.2. The molecule has 15 aromatic carbocycles. The lowest BCUT2D eigenvalue weighted by atomic mass is 9.72. The third-order valence-electron chi connectivity index (χ3n) is 25.1. The summed E-state index contributed by atoms with van der Waals surface area (Å²) in [4.78, 5) is 13.0. The normalized spacial score (nSPS) is 14.6. The van der Waals surface area contributed by atoms with Gasteiger partial charge in [0.15, 0.2) is 0 Å². The van der Waals surface area contributed by atoms with Crippen LogP contribution in [0.3, 0.4) is 0 Å². The quantitative estimate of drug-likeness (QED) is 0.0157. The maximum absolute atomic E-state index is 13.0. The van der Waals surface area contributed by atoms with Gasteiger partial charge in [-0.1, -0.05) is 214 Å². The molecule has 0 N–H and O–H groups in total. The van der Waals surface area contributed by atoms with Crippen molar-refractivity contribution < 1.29 is 42.7 Å². The van der Waals surface area contributed by atoms with E-state index in [2.05, 4.69) is 147 Å². The van der Waals surface area contributed by atoms with Gasteiger partial charge in [-0.2, -0.15) is 0 Å².